The van der Waals surface area contributed by atoms with Crippen molar-refractivity contribution < 1.29 is 9.32 Å². The van der Waals surface area contributed by atoms with E-state index in [0.717, 1.165) is 38.0 Å². The average molecular weight is 336 g/mol. The van der Waals surface area contributed by atoms with Gasteiger partial charge in [-0.1, -0.05) is 35.5 Å². The Hall–Kier alpha value is -2.89. The molecule has 1 aliphatic heterocycles. The Labute approximate surface area is 146 Å². The van der Waals surface area contributed by atoms with E-state index in [1.54, 1.807) is 12.3 Å². The first-order valence-corrected chi connectivity index (χ1v) is 8.57. The molecule has 3 aromatic rings. The van der Waals surface area contributed by atoms with Crippen molar-refractivity contribution in [2.24, 2.45) is 5.92 Å². The molecule has 3 heterocycles. The summed E-state index contributed by atoms with van der Waals surface area (Å²) in [6, 6.07) is 11.4. The lowest BCUT2D eigenvalue weighted by Gasteiger charge is -2.31. The highest BCUT2D eigenvalue weighted by Crippen LogP contribution is 2.23. The Morgan fingerprint density at radius 2 is 2.00 bits per heavy atom. The smallest absolute Gasteiger partial charge is 0.276 e. The van der Waals surface area contributed by atoms with Crippen molar-refractivity contribution in [1.29, 1.82) is 0 Å². The van der Waals surface area contributed by atoms with Gasteiger partial charge in [0.2, 0.25) is 0 Å². The number of rotatable bonds is 4. The van der Waals surface area contributed by atoms with Gasteiger partial charge in [-0.05, 0) is 18.8 Å². The molecule has 1 aromatic carbocycles. The van der Waals surface area contributed by atoms with Crippen LogP contribution in [-0.2, 0) is 6.54 Å². The van der Waals surface area contributed by atoms with Gasteiger partial charge in [-0.3, -0.25) is 4.79 Å². The van der Waals surface area contributed by atoms with Gasteiger partial charge in [-0.2, -0.15) is 0 Å². The quantitative estimate of drug-likeness (QED) is 0.734. The SMILES string of the molecule is O=C(c1cc(-c2ccccc2)on1)N1CCC(Cn2ccnc2)CC1. The van der Waals surface area contributed by atoms with Gasteiger partial charge in [-0.25, -0.2) is 4.98 Å². The minimum Gasteiger partial charge on any atom is -0.355 e. The number of carbonyl (C=O) groups excluding carboxylic acids is 1. The highest BCUT2D eigenvalue weighted by molar-refractivity contribution is 5.93. The largest absolute Gasteiger partial charge is 0.355 e. The molecule has 6 nitrogen and oxygen atoms in total. The summed E-state index contributed by atoms with van der Waals surface area (Å²) < 4.78 is 7.45. The molecule has 25 heavy (non-hydrogen) atoms. The lowest BCUT2D eigenvalue weighted by molar-refractivity contribution is 0.0672. The molecule has 1 saturated heterocycles. The fraction of sp³-hybridized carbons (Fsp3) is 0.316. The number of benzene rings is 1. The number of nitrogens with zero attached hydrogens (tertiary/aromatic N) is 4. The van der Waals surface area contributed by atoms with Crippen molar-refractivity contribution in [1.82, 2.24) is 19.6 Å². The van der Waals surface area contributed by atoms with E-state index < -0.39 is 0 Å². The third kappa shape index (κ3) is 3.47. The van der Waals surface area contributed by atoms with Crippen LogP contribution in [-0.4, -0.2) is 38.6 Å². The minimum absolute atomic E-state index is 0.0491. The van der Waals surface area contributed by atoms with Crippen LogP contribution in [0.3, 0.4) is 0 Å². The zero-order valence-corrected chi connectivity index (χ0v) is 13.9. The zero-order chi connectivity index (χ0) is 17.1. The first-order valence-electron chi connectivity index (χ1n) is 8.57. The molecule has 6 heteroatoms. The first-order chi connectivity index (χ1) is 12.3. The molecule has 1 aliphatic rings. The van der Waals surface area contributed by atoms with Crippen molar-refractivity contribution in [3.63, 3.8) is 0 Å². The maximum Gasteiger partial charge on any atom is 0.276 e. The summed E-state index contributed by atoms with van der Waals surface area (Å²) in [7, 11) is 0. The number of imidazole rings is 1. The second-order valence-corrected chi connectivity index (χ2v) is 6.44. The first kappa shape index (κ1) is 15.6. The number of hydrogen-bond acceptors (Lipinski definition) is 4. The summed E-state index contributed by atoms with van der Waals surface area (Å²) in [5.74, 6) is 1.15. The highest BCUT2D eigenvalue weighted by Gasteiger charge is 2.26. The van der Waals surface area contributed by atoms with Gasteiger partial charge in [0.25, 0.3) is 5.91 Å². The van der Waals surface area contributed by atoms with Crippen LogP contribution < -0.4 is 0 Å². The predicted octanol–water partition coefficient (Wildman–Crippen LogP) is 3.09. The average Bonchev–Trinajstić information content (AvgIpc) is 3.34. The van der Waals surface area contributed by atoms with E-state index in [4.69, 9.17) is 4.52 Å². The van der Waals surface area contributed by atoms with Crippen molar-refractivity contribution >= 4 is 5.91 Å². The van der Waals surface area contributed by atoms with E-state index in [1.807, 2.05) is 47.8 Å². The van der Waals surface area contributed by atoms with Crippen molar-refractivity contribution in [2.75, 3.05) is 13.1 Å². The van der Waals surface area contributed by atoms with Crippen molar-refractivity contribution in [2.45, 2.75) is 19.4 Å². The summed E-state index contributed by atoms with van der Waals surface area (Å²) >= 11 is 0. The molecular formula is C19H20N4O2. The number of piperidine rings is 1. The molecule has 1 fully saturated rings. The zero-order valence-electron chi connectivity index (χ0n) is 13.9. The van der Waals surface area contributed by atoms with Gasteiger partial charge in [-0.15, -0.1) is 0 Å². The molecule has 1 amide bonds. The molecule has 0 saturated carbocycles. The van der Waals surface area contributed by atoms with Gasteiger partial charge in [0, 0.05) is 43.7 Å². The molecular weight excluding hydrogens is 316 g/mol. The molecule has 0 spiro atoms. The topological polar surface area (TPSA) is 64.2 Å². The van der Waals surface area contributed by atoms with Crippen molar-refractivity contribution in [3.05, 3.63) is 60.8 Å². The maximum absolute atomic E-state index is 12.7. The van der Waals surface area contributed by atoms with E-state index in [0.29, 0.717) is 17.4 Å². The Bertz CT molecular complexity index is 818. The molecule has 0 unspecified atom stereocenters. The fourth-order valence-electron chi connectivity index (χ4n) is 3.29. The molecule has 4 rings (SSSR count). The van der Waals surface area contributed by atoms with Crippen LogP contribution in [0.25, 0.3) is 11.3 Å². The summed E-state index contributed by atoms with van der Waals surface area (Å²) in [5, 5.41) is 3.97. The number of hydrogen-bond donors (Lipinski definition) is 0. The lowest BCUT2D eigenvalue weighted by atomic mass is 9.96. The number of likely N-dealkylation sites (tertiary alicyclic amines) is 1. The number of carbonyl (C=O) groups is 1. The van der Waals surface area contributed by atoms with Crippen LogP contribution in [0.4, 0.5) is 0 Å². The molecule has 0 aliphatic carbocycles. The summed E-state index contributed by atoms with van der Waals surface area (Å²) in [6.07, 6.45) is 7.62. The van der Waals surface area contributed by atoms with E-state index in [-0.39, 0.29) is 5.91 Å². The lowest BCUT2D eigenvalue weighted by Crippen LogP contribution is -2.39. The minimum atomic E-state index is -0.0491. The van der Waals surface area contributed by atoms with Gasteiger partial charge >= 0.3 is 0 Å². The van der Waals surface area contributed by atoms with Gasteiger partial charge in [0.1, 0.15) is 0 Å². The summed E-state index contributed by atoms with van der Waals surface area (Å²) in [5.41, 5.74) is 1.31. The molecule has 128 valence electrons. The standard InChI is InChI=1S/C19H20N4O2/c24-19(17-12-18(25-21-17)16-4-2-1-3-5-16)23-9-6-15(7-10-23)13-22-11-8-20-14-22/h1-5,8,11-12,14-15H,6-7,9-10,13H2. The predicted molar refractivity (Wildman–Crippen MR) is 92.8 cm³/mol. The van der Waals surface area contributed by atoms with E-state index in [1.165, 1.54) is 0 Å². The molecule has 2 aromatic heterocycles. The van der Waals surface area contributed by atoms with Crippen LogP contribution in [0.5, 0.6) is 0 Å². The third-order valence-electron chi connectivity index (χ3n) is 4.72. The van der Waals surface area contributed by atoms with Crippen LogP contribution in [0.15, 0.2) is 59.6 Å². The second kappa shape index (κ2) is 6.93. The van der Waals surface area contributed by atoms with Gasteiger partial charge in [0.05, 0.1) is 6.33 Å². The normalized spacial score (nSPS) is 15.4. The Balaban J connectivity index is 1.37. The van der Waals surface area contributed by atoms with Crippen LogP contribution in [0.1, 0.15) is 23.3 Å². The van der Waals surface area contributed by atoms with Crippen molar-refractivity contribution in [3.8, 4) is 11.3 Å². The molecule has 0 N–H and O–H groups in total. The molecule has 0 atom stereocenters. The Kier molecular flexibility index (Phi) is 4.33. The Morgan fingerprint density at radius 1 is 1.20 bits per heavy atom. The monoisotopic (exact) mass is 336 g/mol. The Morgan fingerprint density at radius 3 is 2.72 bits per heavy atom. The van der Waals surface area contributed by atoms with E-state index in [2.05, 4.69) is 14.7 Å². The summed E-state index contributed by atoms with van der Waals surface area (Å²) in [6.45, 7) is 2.47. The molecule has 0 radical (unpaired) electrons. The van der Waals surface area contributed by atoms with E-state index >= 15 is 0 Å². The summed E-state index contributed by atoms with van der Waals surface area (Å²) in [4.78, 5) is 18.6. The van der Waals surface area contributed by atoms with Crippen LogP contribution in [0, 0.1) is 5.92 Å². The number of aromatic nitrogens is 3. The third-order valence-corrected chi connectivity index (χ3v) is 4.72. The second-order valence-electron chi connectivity index (χ2n) is 6.44. The number of amides is 1. The molecule has 0 bridgehead atoms. The fourth-order valence-corrected chi connectivity index (χ4v) is 3.29. The highest BCUT2D eigenvalue weighted by atomic mass is 16.5. The van der Waals surface area contributed by atoms with Gasteiger partial charge in [0.15, 0.2) is 11.5 Å². The van der Waals surface area contributed by atoms with Gasteiger partial charge < -0.3 is 14.0 Å². The van der Waals surface area contributed by atoms with E-state index in [9.17, 15) is 4.79 Å². The van der Waals surface area contributed by atoms with Crippen LogP contribution in [0.2, 0.25) is 0 Å². The van der Waals surface area contributed by atoms with Crippen LogP contribution >= 0.6 is 0 Å². The maximum atomic E-state index is 12.7.